The summed E-state index contributed by atoms with van der Waals surface area (Å²) in [5, 5.41) is 16.2. The topological polar surface area (TPSA) is 87.2 Å². The van der Waals surface area contributed by atoms with E-state index in [1.165, 1.54) is 40.1 Å². The molecule has 6 rings (SSSR count). The van der Waals surface area contributed by atoms with Gasteiger partial charge in [0.1, 0.15) is 0 Å². The molecule has 9 heteroatoms. The molecule has 3 N–H and O–H groups in total. The molecule has 40 heavy (non-hydrogen) atoms. The van der Waals surface area contributed by atoms with Crippen molar-refractivity contribution in [3.05, 3.63) is 95.9 Å². The van der Waals surface area contributed by atoms with Gasteiger partial charge in [-0.15, -0.1) is 19.6 Å². The number of aromatic amines is 1. The smallest absolute Gasteiger partial charge is 0.404 e. The molecule has 202 valence electrons. The van der Waals surface area contributed by atoms with Gasteiger partial charge < -0.3 is 20.1 Å². The molecule has 3 aromatic carbocycles. The number of aliphatic hydroxyl groups is 1. The van der Waals surface area contributed by atoms with Gasteiger partial charge in [-0.1, -0.05) is 48.4 Å². The largest absolute Gasteiger partial charge is 0.573 e. The molecule has 1 aliphatic carbocycles. The zero-order valence-electron chi connectivity index (χ0n) is 21.3. The highest BCUT2D eigenvalue weighted by atomic mass is 19.4. The van der Waals surface area contributed by atoms with Crippen LogP contribution in [0, 0.1) is 12.3 Å². The Kier molecular flexibility index (Phi) is 6.96. The maximum absolute atomic E-state index is 12.8. The average Bonchev–Trinajstić information content (AvgIpc) is 3.51. The minimum Gasteiger partial charge on any atom is -0.404 e. The minimum absolute atomic E-state index is 0.206. The number of alkyl halides is 3. The number of H-pyrrole nitrogens is 1. The number of para-hydroxylation sites is 2. The number of nitrogens with one attached hydrogen (secondary N) is 2. The number of hydrogen-bond acceptors (Lipinski definition) is 4. The number of rotatable bonds is 6. The summed E-state index contributed by atoms with van der Waals surface area (Å²) in [6, 6.07) is 17.6. The van der Waals surface area contributed by atoms with Crippen LogP contribution in [0.1, 0.15) is 28.4 Å². The Bertz CT molecular complexity index is 1730. The second-order valence-corrected chi connectivity index (χ2v) is 9.67. The molecule has 1 unspecified atom stereocenters. The molecule has 0 saturated heterocycles. The molecule has 1 aliphatic rings. The Morgan fingerprint density at radius 1 is 1.07 bits per heavy atom. The van der Waals surface area contributed by atoms with Crippen LogP contribution in [0.25, 0.3) is 32.8 Å². The zero-order valence-corrected chi connectivity index (χ0v) is 21.3. The normalized spacial score (nSPS) is 13.1. The van der Waals surface area contributed by atoms with Crippen molar-refractivity contribution >= 4 is 27.6 Å². The van der Waals surface area contributed by atoms with Crippen molar-refractivity contribution in [1.82, 2.24) is 15.3 Å². The van der Waals surface area contributed by atoms with Crippen LogP contribution in [0.2, 0.25) is 0 Å². The van der Waals surface area contributed by atoms with Gasteiger partial charge in [0.25, 0.3) is 5.91 Å². The Morgan fingerprint density at radius 3 is 2.58 bits per heavy atom. The number of aliphatic hydroxyl groups excluding tert-OH is 1. The highest BCUT2D eigenvalue weighted by Gasteiger charge is 2.35. The molecule has 1 amide bonds. The number of carbonyl (C=O) groups is 1. The summed E-state index contributed by atoms with van der Waals surface area (Å²) in [5.41, 5.74) is 2.72. The molecular weight excluding hydrogens is 519 g/mol. The Morgan fingerprint density at radius 2 is 1.85 bits per heavy atom. The molecule has 1 atom stereocenters. The summed E-state index contributed by atoms with van der Waals surface area (Å²) in [6.45, 7) is 1.16. The van der Waals surface area contributed by atoms with E-state index in [-0.39, 0.29) is 17.5 Å². The highest BCUT2D eigenvalue weighted by molar-refractivity contribution is 6.19. The maximum atomic E-state index is 12.8. The van der Waals surface area contributed by atoms with Crippen molar-refractivity contribution in [2.45, 2.75) is 25.2 Å². The van der Waals surface area contributed by atoms with Crippen LogP contribution in [-0.2, 0) is 6.42 Å². The van der Waals surface area contributed by atoms with Crippen LogP contribution < -0.4 is 10.1 Å². The third-order valence-electron chi connectivity index (χ3n) is 6.66. The van der Waals surface area contributed by atoms with Crippen molar-refractivity contribution < 1.29 is 27.8 Å². The van der Waals surface area contributed by atoms with Crippen LogP contribution in [-0.4, -0.2) is 39.5 Å². The Balaban J connectivity index is 0.000000264. The number of nitrogens with zero attached hydrogens (tertiary/aromatic N) is 1. The van der Waals surface area contributed by atoms with Crippen molar-refractivity contribution in [2.24, 2.45) is 0 Å². The van der Waals surface area contributed by atoms with E-state index in [2.05, 4.69) is 44.1 Å². The fourth-order valence-corrected chi connectivity index (χ4v) is 4.70. The zero-order chi connectivity index (χ0) is 28.5. The van der Waals surface area contributed by atoms with Crippen LogP contribution in [0.15, 0.2) is 79.3 Å². The number of terminal acetylenes is 1. The third-order valence-corrected chi connectivity index (χ3v) is 6.66. The number of carbonyl (C=O) groups excluding carboxylic acids is 1. The Hall–Kier alpha value is -4.81. The fourth-order valence-electron chi connectivity index (χ4n) is 4.70. The van der Waals surface area contributed by atoms with Gasteiger partial charge in [-0.25, -0.2) is 0 Å². The molecule has 0 saturated carbocycles. The molecule has 0 bridgehead atoms. The molecule has 0 aliphatic heterocycles. The van der Waals surface area contributed by atoms with Gasteiger partial charge in [0.15, 0.2) is 5.75 Å². The number of pyridine rings is 1. The standard InChI is InChI=1S/C22H19F3N2O3.C9H5N/c1-3-14-7-6-9-17(19(14)30-22(23,24)25)20(29)27-21(2,13-28)11-15-12-26-18-10-5-4-8-16(15)18;1-2-6-4-10-5-8-7(3-1)9(6)8/h1,4-10,12,26,28H,11,13H2,2H3,(H,27,29);1-5H. The molecule has 5 aromatic rings. The molecule has 2 heterocycles. The van der Waals surface area contributed by atoms with Gasteiger partial charge in [-0.3, -0.25) is 9.78 Å². The second kappa shape index (κ2) is 10.4. The lowest BCUT2D eigenvalue weighted by molar-refractivity contribution is -0.274. The van der Waals surface area contributed by atoms with E-state index < -0.39 is 30.2 Å². The molecule has 0 spiro atoms. The van der Waals surface area contributed by atoms with E-state index in [1.807, 2.05) is 36.7 Å². The summed E-state index contributed by atoms with van der Waals surface area (Å²) in [5.74, 6) is 0.491. The number of halogens is 3. The average molecular weight is 544 g/mol. The van der Waals surface area contributed by atoms with Crippen LogP contribution >= 0.6 is 0 Å². The number of fused-ring (bicyclic) bond motifs is 2. The highest BCUT2D eigenvalue weighted by Crippen LogP contribution is 2.45. The summed E-state index contributed by atoms with van der Waals surface area (Å²) < 4.78 is 42.5. The van der Waals surface area contributed by atoms with Gasteiger partial charge in [0.05, 0.1) is 23.3 Å². The second-order valence-electron chi connectivity index (χ2n) is 9.67. The quantitative estimate of drug-likeness (QED) is 0.225. The van der Waals surface area contributed by atoms with Gasteiger partial charge in [0.2, 0.25) is 0 Å². The summed E-state index contributed by atoms with van der Waals surface area (Å²) >= 11 is 0. The van der Waals surface area contributed by atoms with Crippen molar-refractivity contribution in [3.63, 3.8) is 0 Å². The van der Waals surface area contributed by atoms with E-state index >= 15 is 0 Å². The van der Waals surface area contributed by atoms with Crippen LogP contribution in [0.5, 0.6) is 5.75 Å². The van der Waals surface area contributed by atoms with Crippen molar-refractivity contribution in [1.29, 1.82) is 0 Å². The summed E-state index contributed by atoms with van der Waals surface area (Å²) in [4.78, 5) is 20.1. The molecular formula is C31H24F3N3O3. The molecule has 6 nitrogen and oxygen atoms in total. The first-order valence-corrected chi connectivity index (χ1v) is 12.3. The lowest BCUT2D eigenvalue weighted by Crippen LogP contribution is -2.50. The van der Waals surface area contributed by atoms with E-state index in [0.29, 0.717) is 0 Å². The lowest BCUT2D eigenvalue weighted by atomic mass is 9.92. The minimum atomic E-state index is -5.02. The number of hydrogen-bond donors (Lipinski definition) is 3. The van der Waals surface area contributed by atoms with Crippen LogP contribution in [0.3, 0.4) is 0 Å². The van der Waals surface area contributed by atoms with Crippen molar-refractivity contribution in [3.8, 4) is 29.2 Å². The lowest BCUT2D eigenvalue weighted by Gasteiger charge is -2.29. The fraction of sp³-hybridized carbons (Fsp3) is 0.161. The molecule has 0 fully saturated rings. The number of ether oxygens (including phenoxy) is 1. The first-order chi connectivity index (χ1) is 19.1. The SMILES string of the molecule is C#Cc1cccc(C(=O)NC(C)(CO)Cc2c[nH]c3ccccc23)c1OC(F)(F)F.c1cc2c3c-2cncc3c1. The van der Waals surface area contributed by atoms with Gasteiger partial charge in [-0.05, 0) is 42.7 Å². The van der Waals surface area contributed by atoms with Crippen LogP contribution in [0.4, 0.5) is 13.2 Å². The number of aromatic nitrogens is 2. The monoisotopic (exact) mass is 543 g/mol. The molecule has 2 aromatic heterocycles. The van der Waals surface area contributed by atoms with Gasteiger partial charge >= 0.3 is 6.36 Å². The first kappa shape index (κ1) is 26.8. The van der Waals surface area contributed by atoms with E-state index in [0.717, 1.165) is 16.5 Å². The number of amides is 1. The van der Waals surface area contributed by atoms with E-state index in [1.54, 1.807) is 13.1 Å². The predicted molar refractivity (Wildman–Crippen MR) is 147 cm³/mol. The van der Waals surface area contributed by atoms with E-state index in [9.17, 15) is 23.1 Å². The predicted octanol–water partition coefficient (Wildman–Crippen LogP) is 5.99. The summed E-state index contributed by atoms with van der Waals surface area (Å²) in [7, 11) is 0. The summed E-state index contributed by atoms with van der Waals surface area (Å²) in [6.07, 6.45) is 6.09. The van der Waals surface area contributed by atoms with Gasteiger partial charge in [0, 0.05) is 45.8 Å². The Labute approximate surface area is 227 Å². The van der Waals surface area contributed by atoms with Gasteiger partial charge in [-0.2, -0.15) is 0 Å². The molecule has 0 radical (unpaired) electrons. The maximum Gasteiger partial charge on any atom is 0.573 e. The van der Waals surface area contributed by atoms with Crippen molar-refractivity contribution in [2.75, 3.05) is 6.61 Å². The third kappa shape index (κ3) is 5.48. The number of benzene rings is 3. The first-order valence-electron chi connectivity index (χ1n) is 12.3. The van der Waals surface area contributed by atoms with E-state index in [4.69, 9.17) is 6.42 Å².